The summed E-state index contributed by atoms with van der Waals surface area (Å²) in [5, 5.41) is 5.61. The van der Waals surface area contributed by atoms with Crippen LogP contribution in [0.5, 0.6) is 0 Å². The Hall–Kier alpha value is -0.420. The molecule has 1 aromatic heterocycles. The maximum absolute atomic E-state index is 5.53. The molecule has 0 aliphatic carbocycles. The summed E-state index contributed by atoms with van der Waals surface area (Å²) in [5.74, 6) is 0. The number of thiophene rings is 1. The summed E-state index contributed by atoms with van der Waals surface area (Å²) in [4.78, 5) is 3.77. The van der Waals surface area contributed by atoms with Gasteiger partial charge in [-0.05, 0) is 38.8 Å². The van der Waals surface area contributed by atoms with E-state index >= 15 is 0 Å². The summed E-state index contributed by atoms with van der Waals surface area (Å²) in [5.41, 5.74) is 0. The number of ether oxygens (including phenoxy) is 1. The Morgan fingerprint density at radius 3 is 2.83 bits per heavy atom. The first kappa shape index (κ1) is 15.6. The van der Waals surface area contributed by atoms with Gasteiger partial charge < -0.3 is 15.0 Å². The summed E-state index contributed by atoms with van der Waals surface area (Å²) in [6.45, 7) is 9.17. The van der Waals surface area contributed by atoms with Crippen molar-refractivity contribution in [2.75, 3.05) is 39.8 Å². The van der Waals surface area contributed by atoms with Gasteiger partial charge in [0.05, 0.1) is 12.7 Å². The standard InChI is InChI=1S/C14H26N2OS/c1-13(2)17-11-10-16(3)9-8-15-7-6-14-5-4-12-18-14/h4-5,12-13,15H,6-11H2,1-3H3. The lowest BCUT2D eigenvalue weighted by Gasteiger charge is -2.17. The fourth-order valence-electron chi connectivity index (χ4n) is 1.62. The predicted molar refractivity (Wildman–Crippen MR) is 79.5 cm³/mol. The van der Waals surface area contributed by atoms with Crippen LogP contribution in [0.2, 0.25) is 0 Å². The zero-order chi connectivity index (χ0) is 13.2. The lowest BCUT2D eigenvalue weighted by atomic mass is 10.3. The maximum atomic E-state index is 5.53. The van der Waals surface area contributed by atoms with Crippen molar-refractivity contribution in [2.24, 2.45) is 0 Å². The number of hydrogen-bond donors (Lipinski definition) is 1. The van der Waals surface area contributed by atoms with Crippen molar-refractivity contribution in [1.82, 2.24) is 10.2 Å². The van der Waals surface area contributed by atoms with Gasteiger partial charge in [0.15, 0.2) is 0 Å². The molecular formula is C14H26N2OS. The van der Waals surface area contributed by atoms with E-state index < -0.39 is 0 Å². The molecule has 0 fully saturated rings. The van der Waals surface area contributed by atoms with Gasteiger partial charge in [-0.2, -0.15) is 0 Å². The van der Waals surface area contributed by atoms with Gasteiger partial charge in [-0.25, -0.2) is 0 Å². The van der Waals surface area contributed by atoms with Gasteiger partial charge in [0.25, 0.3) is 0 Å². The number of hydrogen-bond acceptors (Lipinski definition) is 4. The third-order valence-electron chi connectivity index (χ3n) is 2.72. The van der Waals surface area contributed by atoms with Crippen LogP contribution in [0.1, 0.15) is 18.7 Å². The summed E-state index contributed by atoms with van der Waals surface area (Å²) in [6, 6.07) is 4.31. The molecule has 1 aromatic rings. The second-order valence-corrected chi connectivity index (χ2v) is 5.83. The van der Waals surface area contributed by atoms with Gasteiger partial charge in [-0.1, -0.05) is 6.07 Å². The zero-order valence-electron chi connectivity index (χ0n) is 11.8. The van der Waals surface area contributed by atoms with Crippen LogP contribution in [0, 0.1) is 0 Å². The molecule has 18 heavy (non-hydrogen) atoms. The fourth-order valence-corrected chi connectivity index (χ4v) is 2.33. The van der Waals surface area contributed by atoms with Crippen molar-refractivity contribution in [3.8, 4) is 0 Å². The molecule has 0 aliphatic rings. The molecule has 1 heterocycles. The molecule has 104 valence electrons. The van der Waals surface area contributed by atoms with E-state index in [0.717, 1.165) is 39.2 Å². The van der Waals surface area contributed by atoms with Crippen LogP contribution in [0.25, 0.3) is 0 Å². The average molecular weight is 270 g/mol. The van der Waals surface area contributed by atoms with E-state index in [4.69, 9.17) is 4.74 Å². The molecule has 1 rings (SSSR count). The molecule has 0 unspecified atom stereocenters. The van der Waals surface area contributed by atoms with E-state index in [0.29, 0.717) is 6.10 Å². The number of nitrogens with one attached hydrogen (secondary N) is 1. The van der Waals surface area contributed by atoms with Gasteiger partial charge in [0.1, 0.15) is 0 Å². The number of nitrogens with zero attached hydrogens (tertiary/aromatic N) is 1. The monoisotopic (exact) mass is 270 g/mol. The lowest BCUT2D eigenvalue weighted by molar-refractivity contribution is 0.0640. The second-order valence-electron chi connectivity index (χ2n) is 4.80. The van der Waals surface area contributed by atoms with Crippen molar-refractivity contribution in [3.05, 3.63) is 22.4 Å². The molecular weight excluding hydrogens is 244 g/mol. The molecule has 3 nitrogen and oxygen atoms in total. The molecule has 0 amide bonds. The van der Waals surface area contributed by atoms with Crippen molar-refractivity contribution < 1.29 is 4.74 Å². The topological polar surface area (TPSA) is 24.5 Å². The van der Waals surface area contributed by atoms with Gasteiger partial charge in [-0.15, -0.1) is 11.3 Å². The zero-order valence-corrected chi connectivity index (χ0v) is 12.6. The third kappa shape index (κ3) is 7.82. The molecule has 0 saturated carbocycles. The Kier molecular flexibility index (Phi) is 8.25. The fraction of sp³-hybridized carbons (Fsp3) is 0.714. The lowest BCUT2D eigenvalue weighted by Crippen LogP contribution is -2.32. The van der Waals surface area contributed by atoms with Gasteiger partial charge >= 0.3 is 0 Å². The van der Waals surface area contributed by atoms with Crippen molar-refractivity contribution in [1.29, 1.82) is 0 Å². The summed E-state index contributed by atoms with van der Waals surface area (Å²) >= 11 is 1.83. The van der Waals surface area contributed by atoms with Crippen molar-refractivity contribution in [3.63, 3.8) is 0 Å². The Morgan fingerprint density at radius 1 is 1.33 bits per heavy atom. The molecule has 0 aromatic carbocycles. The second kappa shape index (κ2) is 9.50. The maximum Gasteiger partial charge on any atom is 0.0596 e. The Morgan fingerprint density at radius 2 is 2.17 bits per heavy atom. The first-order valence-corrected chi connectivity index (χ1v) is 7.59. The van der Waals surface area contributed by atoms with E-state index in [2.05, 4.69) is 48.6 Å². The largest absolute Gasteiger partial charge is 0.377 e. The molecule has 0 bridgehead atoms. The number of likely N-dealkylation sites (N-methyl/N-ethyl adjacent to an activating group) is 1. The highest BCUT2D eigenvalue weighted by Crippen LogP contribution is 2.07. The van der Waals surface area contributed by atoms with Gasteiger partial charge in [0.2, 0.25) is 0 Å². The summed E-state index contributed by atoms with van der Waals surface area (Å²) < 4.78 is 5.53. The summed E-state index contributed by atoms with van der Waals surface area (Å²) in [6.07, 6.45) is 1.47. The molecule has 0 atom stereocenters. The Balaban J connectivity index is 1.90. The molecule has 1 N–H and O–H groups in total. The minimum atomic E-state index is 0.335. The van der Waals surface area contributed by atoms with Gasteiger partial charge in [-0.3, -0.25) is 0 Å². The van der Waals surface area contributed by atoms with Crippen molar-refractivity contribution in [2.45, 2.75) is 26.4 Å². The smallest absolute Gasteiger partial charge is 0.0596 e. The van der Waals surface area contributed by atoms with Gasteiger partial charge in [0, 0.05) is 31.1 Å². The minimum Gasteiger partial charge on any atom is -0.377 e. The predicted octanol–water partition coefficient (Wildman–Crippen LogP) is 2.24. The van der Waals surface area contributed by atoms with Crippen LogP contribution in [-0.4, -0.2) is 50.8 Å². The van der Waals surface area contributed by atoms with Crippen LogP contribution < -0.4 is 5.32 Å². The van der Waals surface area contributed by atoms with Crippen LogP contribution in [0.3, 0.4) is 0 Å². The Bertz CT molecular complexity index is 288. The van der Waals surface area contributed by atoms with E-state index in [1.54, 1.807) is 0 Å². The SMILES string of the molecule is CC(C)OCCN(C)CCNCCc1cccs1. The molecule has 0 aliphatic heterocycles. The molecule has 0 spiro atoms. The van der Waals surface area contributed by atoms with Crippen LogP contribution in [-0.2, 0) is 11.2 Å². The molecule has 0 saturated heterocycles. The number of rotatable bonds is 10. The highest BCUT2D eigenvalue weighted by molar-refractivity contribution is 7.09. The van der Waals surface area contributed by atoms with E-state index in [-0.39, 0.29) is 0 Å². The van der Waals surface area contributed by atoms with E-state index in [1.165, 1.54) is 4.88 Å². The quantitative estimate of drug-likeness (QED) is 0.660. The van der Waals surface area contributed by atoms with Crippen molar-refractivity contribution >= 4 is 11.3 Å². The summed E-state index contributed by atoms with van der Waals surface area (Å²) in [7, 11) is 2.14. The molecule has 4 heteroatoms. The first-order valence-electron chi connectivity index (χ1n) is 6.71. The molecule has 0 radical (unpaired) electrons. The van der Waals surface area contributed by atoms with Crippen LogP contribution >= 0.6 is 11.3 Å². The highest BCUT2D eigenvalue weighted by Gasteiger charge is 1.99. The van der Waals surface area contributed by atoms with E-state index in [1.807, 2.05) is 11.3 Å². The third-order valence-corrected chi connectivity index (χ3v) is 3.66. The average Bonchev–Trinajstić information content (AvgIpc) is 2.81. The van der Waals surface area contributed by atoms with Crippen LogP contribution in [0.15, 0.2) is 17.5 Å². The van der Waals surface area contributed by atoms with Crippen LogP contribution in [0.4, 0.5) is 0 Å². The minimum absolute atomic E-state index is 0.335. The normalized spacial score (nSPS) is 11.6. The Labute approximate surface area is 115 Å². The first-order chi connectivity index (χ1) is 8.68. The highest BCUT2D eigenvalue weighted by atomic mass is 32.1. The van der Waals surface area contributed by atoms with E-state index in [9.17, 15) is 0 Å².